The standard InChI is InChI=1S/C36H38O20/c37-11-24-28(45)30(47)32(49)36(55-24)54-23-10-16-21(52-34(23)14-6-19(41)27(44)20(42)7-14)8-15(38)9-22(16)53-35-33(50)31(48)29(46)25(56-35)12-51-26(43)4-2-13-1-3-17(39)18(40)5-13/h1-10,24-25,28-42,44-50H,11-12H2. The molecule has 3 aliphatic heterocycles. The average molecular weight is 791 g/mol. The van der Waals surface area contributed by atoms with Crippen molar-refractivity contribution in [1.82, 2.24) is 0 Å². The second kappa shape index (κ2) is 16.3. The minimum Gasteiger partial charge on any atom is -0.508 e. The van der Waals surface area contributed by atoms with Gasteiger partial charge >= 0.3 is 5.97 Å². The first-order valence-corrected chi connectivity index (χ1v) is 16.8. The van der Waals surface area contributed by atoms with Crippen LogP contribution in [0.25, 0.3) is 12.2 Å². The number of benzene rings is 3. The van der Waals surface area contributed by atoms with E-state index in [4.69, 9.17) is 28.4 Å². The third-order valence-corrected chi connectivity index (χ3v) is 9.09. The minimum absolute atomic E-state index is 0.0596. The maximum absolute atomic E-state index is 12.4. The van der Waals surface area contributed by atoms with Gasteiger partial charge in [0.25, 0.3) is 0 Å². The fourth-order valence-corrected chi connectivity index (χ4v) is 6.03. The molecule has 11 unspecified atom stereocenters. The Morgan fingerprint density at radius 2 is 1.32 bits per heavy atom. The zero-order valence-corrected chi connectivity index (χ0v) is 28.7. The molecule has 11 atom stereocenters. The lowest BCUT2D eigenvalue weighted by Gasteiger charge is -2.41. The van der Waals surface area contributed by atoms with E-state index >= 15 is 0 Å². The fraction of sp³-hybridized carbons (Fsp3) is 0.361. The summed E-state index contributed by atoms with van der Waals surface area (Å²) in [6.45, 7) is -1.46. The SMILES string of the molecule is O=C(C=Cc1ccc(O)c(O)c1)OCC1OC(Oc2cc(O)cc3c2C=C(OC2OC(CO)C(O)C(O)C2O)C(c2cc(O)c(O)c(O)c2)O3)C(O)C(O)C1O. The van der Waals surface area contributed by atoms with Gasteiger partial charge in [-0.15, -0.1) is 0 Å². The number of aliphatic hydroxyl groups excluding tert-OH is 7. The van der Waals surface area contributed by atoms with E-state index in [1.165, 1.54) is 30.4 Å². The van der Waals surface area contributed by atoms with Gasteiger partial charge in [-0.1, -0.05) is 6.07 Å². The molecule has 0 saturated carbocycles. The van der Waals surface area contributed by atoms with E-state index in [9.17, 15) is 71.2 Å². The van der Waals surface area contributed by atoms with Crippen LogP contribution in [0.4, 0.5) is 0 Å². The molecular formula is C36H38O20. The summed E-state index contributed by atoms with van der Waals surface area (Å²) in [7, 11) is 0. The number of carbonyl (C=O) groups is 1. The predicted molar refractivity (Wildman–Crippen MR) is 183 cm³/mol. The second-order valence-corrected chi connectivity index (χ2v) is 13.0. The molecule has 56 heavy (non-hydrogen) atoms. The highest BCUT2D eigenvalue weighted by Gasteiger charge is 2.47. The summed E-state index contributed by atoms with van der Waals surface area (Å²) in [6.07, 6.45) is -15.7. The zero-order chi connectivity index (χ0) is 40.6. The van der Waals surface area contributed by atoms with Gasteiger partial charge in [-0.2, -0.15) is 0 Å². The molecule has 302 valence electrons. The number of phenolic OH excluding ortho intramolecular Hbond substituents is 6. The summed E-state index contributed by atoms with van der Waals surface area (Å²) in [6, 6.07) is 7.93. The Balaban J connectivity index is 1.27. The summed E-state index contributed by atoms with van der Waals surface area (Å²) in [5.41, 5.74) is 0.204. The highest BCUT2D eigenvalue weighted by atomic mass is 16.7. The Morgan fingerprint density at radius 3 is 1.96 bits per heavy atom. The summed E-state index contributed by atoms with van der Waals surface area (Å²) >= 11 is 0. The number of hydrogen-bond donors (Lipinski definition) is 13. The smallest absolute Gasteiger partial charge is 0.330 e. The maximum Gasteiger partial charge on any atom is 0.330 e. The zero-order valence-electron chi connectivity index (χ0n) is 28.7. The second-order valence-electron chi connectivity index (χ2n) is 13.0. The van der Waals surface area contributed by atoms with Gasteiger partial charge in [-0.05, 0) is 42.0 Å². The number of aromatic hydroxyl groups is 6. The van der Waals surface area contributed by atoms with E-state index in [1.54, 1.807) is 0 Å². The first kappa shape index (κ1) is 40.1. The van der Waals surface area contributed by atoms with Crippen molar-refractivity contribution in [2.24, 2.45) is 0 Å². The van der Waals surface area contributed by atoms with Crippen LogP contribution >= 0.6 is 0 Å². The van der Waals surface area contributed by atoms with Gasteiger partial charge in [0, 0.05) is 23.8 Å². The largest absolute Gasteiger partial charge is 0.508 e. The van der Waals surface area contributed by atoms with Crippen LogP contribution in [0.15, 0.2) is 54.3 Å². The molecule has 3 aromatic carbocycles. The molecule has 13 N–H and O–H groups in total. The molecule has 3 heterocycles. The van der Waals surface area contributed by atoms with Crippen molar-refractivity contribution in [2.45, 2.75) is 67.5 Å². The minimum atomic E-state index is -1.94. The summed E-state index contributed by atoms with van der Waals surface area (Å²) in [4.78, 5) is 12.4. The Morgan fingerprint density at radius 1 is 0.696 bits per heavy atom. The van der Waals surface area contributed by atoms with Gasteiger partial charge in [-0.25, -0.2) is 4.79 Å². The van der Waals surface area contributed by atoms with Crippen LogP contribution in [0.5, 0.6) is 46.0 Å². The molecule has 0 bridgehead atoms. The van der Waals surface area contributed by atoms with E-state index in [2.05, 4.69) is 0 Å². The molecule has 0 radical (unpaired) electrons. The number of esters is 1. The third kappa shape index (κ3) is 8.18. The van der Waals surface area contributed by atoms with E-state index in [0.717, 1.165) is 30.3 Å². The normalized spacial score (nSPS) is 30.2. The van der Waals surface area contributed by atoms with Crippen LogP contribution in [0.3, 0.4) is 0 Å². The number of aliphatic hydroxyl groups is 7. The van der Waals surface area contributed by atoms with Crippen molar-refractivity contribution >= 4 is 18.1 Å². The van der Waals surface area contributed by atoms with Crippen LogP contribution in [-0.4, -0.2) is 147 Å². The molecule has 0 aliphatic carbocycles. The molecule has 2 fully saturated rings. The predicted octanol–water partition coefficient (Wildman–Crippen LogP) is -1.35. The van der Waals surface area contributed by atoms with Crippen molar-refractivity contribution < 1.29 is 99.6 Å². The number of rotatable bonds is 10. The van der Waals surface area contributed by atoms with Crippen LogP contribution in [0.2, 0.25) is 0 Å². The Bertz CT molecular complexity index is 1960. The van der Waals surface area contributed by atoms with Gasteiger partial charge in [0.05, 0.1) is 12.2 Å². The highest BCUT2D eigenvalue weighted by molar-refractivity contribution is 5.87. The molecule has 20 heteroatoms. The van der Waals surface area contributed by atoms with Crippen molar-refractivity contribution in [3.63, 3.8) is 0 Å². The van der Waals surface area contributed by atoms with Crippen molar-refractivity contribution in [3.8, 4) is 46.0 Å². The average Bonchev–Trinajstić information content (AvgIpc) is 3.16. The number of phenols is 6. The van der Waals surface area contributed by atoms with E-state index in [-0.39, 0.29) is 34.1 Å². The lowest BCUT2D eigenvalue weighted by atomic mass is 9.98. The molecule has 6 rings (SSSR count). The van der Waals surface area contributed by atoms with Crippen molar-refractivity contribution in [3.05, 3.63) is 71.0 Å². The van der Waals surface area contributed by atoms with E-state index in [0.29, 0.717) is 5.56 Å². The molecular weight excluding hydrogens is 752 g/mol. The molecule has 0 spiro atoms. The molecule has 3 aromatic rings. The number of hydrogen-bond acceptors (Lipinski definition) is 20. The topological polar surface area (TPSA) is 335 Å². The summed E-state index contributed by atoms with van der Waals surface area (Å²) in [5, 5.41) is 133. The van der Waals surface area contributed by atoms with Gasteiger partial charge < -0.3 is 94.8 Å². The van der Waals surface area contributed by atoms with E-state index in [1.807, 2.05) is 0 Å². The molecule has 3 aliphatic rings. The monoisotopic (exact) mass is 790 g/mol. The van der Waals surface area contributed by atoms with E-state index < -0.39 is 115 Å². The highest BCUT2D eigenvalue weighted by Crippen LogP contribution is 2.48. The third-order valence-electron chi connectivity index (χ3n) is 9.09. The number of ether oxygens (including phenoxy) is 6. The number of fused-ring (bicyclic) bond motifs is 1. The fourth-order valence-electron chi connectivity index (χ4n) is 6.03. The lowest BCUT2D eigenvalue weighted by molar-refractivity contribution is -0.293. The van der Waals surface area contributed by atoms with Crippen LogP contribution in [-0.2, 0) is 23.7 Å². The van der Waals surface area contributed by atoms with Gasteiger partial charge in [0.2, 0.25) is 12.6 Å². The Kier molecular flexibility index (Phi) is 11.7. The number of carbonyl (C=O) groups excluding carboxylic acids is 1. The molecule has 0 aromatic heterocycles. The Hall–Kier alpha value is -5.55. The maximum atomic E-state index is 12.4. The molecule has 2 saturated heterocycles. The lowest BCUT2D eigenvalue weighted by Crippen LogP contribution is -2.60. The van der Waals surface area contributed by atoms with Gasteiger partial charge in [0.1, 0.15) is 78.4 Å². The summed E-state index contributed by atoms with van der Waals surface area (Å²) in [5.74, 6) is -5.42. The Labute approximate surface area is 315 Å². The first-order valence-electron chi connectivity index (χ1n) is 16.8. The van der Waals surface area contributed by atoms with Crippen molar-refractivity contribution in [2.75, 3.05) is 13.2 Å². The van der Waals surface area contributed by atoms with Crippen LogP contribution in [0, 0.1) is 0 Å². The van der Waals surface area contributed by atoms with Gasteiger partial charge in [0.15, 0.2) is 34.9 Å². The van der Waals surface area contributed by atoms with Crippen LogP contribution < -0.4 is 9.47 Å². The molecule has 20 nitrogen and oxygen atoms in total. The first-order chi connectivity index (χ1) is 26.6. The quantitative estimate of drug-likeness (QED) is 0.0641. The summed E-state index contributed by atoms with van der Waals surface area (Å²) < 4.78 is 34.1. The van der Waals surface area contributed by atoms with Crippen molar-refractivity contribution in [1.29, 1.82) is 0 Å². The molecule has 0 amide bonds. The van der Waals surface area contributed by atoms with Crippen LogP contribution in [0.1, 0.15) is 22.8 Å². The van der Waals surface area contributed by atoms with Gasteiger partial charge in [-0.3, -0.25) is 0 Å².